The van der Waals surface area contributed by atoms with Crippen LogP contribution in [0.3, 0.4) is 0 Å². The van der Waals surface area contributed by atoms with E-state index in [1.807, 2.05) is 13.8 Å². The van der Waals surface area contributed by atoms with Gasteiger partial charge in [-0.15, -0.1) is 0 Å². The van der Waals surface area contributed by atoms with Gasteiger partial charge in [-0.25, -0.2) is 0 Å². The molecule has 0 N–H and O–H groups in total. The first kappa shape index (κ1) is 9.16. The van der Waals surface area contributed by atoms with Gasteiger partial charge in [-0.05, 0) is 32.6 Å². The van der Waals surface area contributed by atoms with E-state index in [9.17, 15) is 4.79 Å². The molecule has 2 rings (SSSR count). The molecule has 0 aromatic carbocycles. The summed E-state index contributed by atoms with van der Waals surface area (Å²) in [4.78, 5) is 10.4. The Morgan fingerprint density at radius 1 is 1.38 bits per heavy atom. The molecule has 0 amide bonds. The Morgan fingerprint density at radius 2 is 2.15 bits per heavy atom. The molecular weight excluding hydrogens is 168 g/mol. The molecule has 0 spiro atoms. The highest BCUT2D eigenvalue weighted by atomic mass is 16.8. The summed E-state index contributed by atoms with van der Waals surface area (Å²) >= 11 is 0. The third kappa shape index (κ3) is 1.63. The molecule has 2 fully saturated rings. The average Bonchev–Trinajstić information content (AvgIpc) is 2.48. The minimum atomic E-state index is -0.448. The SMILES string of the molecule is CC1(C)OC2CCC(CC=O)C2O1. The summed E-state index contributed by atoms with van der Waals surface area (Å²) < 4.78 is 11.5. The largest absolute Gasteiger partial charge is 0.345 e. The van der Waals surface area contributed by atoms with Gasteiger partial charge in [0.05, 0.1) is 12.2 Å². The predicted octanol–water partition coefficient (Wildman–Crippen LogP) is 1.51. The highest BCUT2D eigenvalue weighted by molar-refractivity contribution is 5.50. The second-order valence-electron chi connectivity index (χ2n) is 4.38. The van der Waals surface area contributed by atoms with Crippen LogP contribution in [0, 0.1) is 5.92 Å². The van der Waals surface area contributed by atoms with Crippen molar-refractivity contribution in [1.82, 2.24) is 0 Å². The maximum absolute atomic E-state index is 10.4. The minimum Gasteiger partial charge on any atom is -0.345 e. The standard InChI is InChI=1S/C10H16O3/c1-10(2)12-8-4-3-7(5-6-11)9(8)13-10/h6-9H,3-5H2,1-2H3. The van der Waals surface area contributed by atoms with Crippen LogP contribution in [0.15, 0.2) is 0 Å². The van der Waals surface area contributed by atoms with Crippen molar-refractivity contribution in [2.24, 2.45) is 5.92 Å². The van der Waals surface area contributed by atoms with Crippen molar-refractivity contribution in [1.29, 1.82) is 0 Å². The molecular formula is C10H16O3. The lowest BCUT2D eigenvalue weighted by Gasteiger charge is -2.20. The van der Waals surface area contributed by atoms with Crippen molar-refractivity contribution in [3.8, 4) is 0 Å². The fourth-order valence-electron chi connectivity index (χ4n) is 2.40. The van der Waals surface area contributed by atoms with E-state index in [2.05, 4.69) is 0 Å². The van der Waals surface area contributed by atoms with Crippen LogP contribution in [0.2, 0.25) is 0 Å². The zero-order chi connectivity index (χ0) is 9.47. The summed E-state index contributed by atoms with van der Waals surface area (Å²) in [5.74, 6) is -0.0686. The van der Waals surface area contributed by atoms with Crippen LogP contribution in [0.5, 0.6) is 0 Å². The van der Waals surface area contributed by atoms with Crippen LogP contribution in [-0.4, -0.2) is 24.3 Å². The van der Waals surface area contributed by atoms with Gasteiger partial charge in [0.1, 0.15) is 6.29 Å². The number of ether oxygens (including phenoxy) is 2. The molecule has 13 heavy (non-hydrogen) atoms. The van der Waals surface area contributed by atoms with Crippen molar-refractivity contribution in [3.63, 3.8) is 0 Å². The van der Waals surface area contributed by atoms with E-state index in [1.54, 1.807) is 0 Å². The van der Waals surface area contributed by atoms with Gasteiger partial charge in [0, 0.05) is 6.42 Å². The number of hydrogen-bond acceptors (Lipinski definition) is 3. The fourth-order valence-corrected chi connectivity index (χ4v) is 2.40. The third-order valence-electron chi connectivity index (χ3n) is 2.91. The van der Waals surface area contributed by atoms with Gasteiger partial charge < -0.3 is 14.3 Å². The van der Waals surface area contributed by atoms with Crippen LogP contribution in [0.25, 0.3) is 0 Å². The van der Waals surface area contributed by atoms with Gasteiger partial charge >= 0.3 is 0 Å². The molecule has 3 heteroatoms. The number of aldehydes is 1. The van der Waals surface area contributed by atoms with Gasteiger partial charge in [0.15, 0.2) is 5.79 Å². The van der Waals surface area contributed by atoms with E-state index in [4.69, 9.17) is 9.47 Å². The Morgan fingerprint density at radius 3 is 2.85 bits per heavy atom. The Bertz CT molecular complexity index is 212. The van der Waals surface area contributed by atoms with E-state index in [0.29, 0.717) is 12.3 Å². The lowest BCUT2D eigenvalue weighted by molar-refractivity contribution is -0.156. The summed E-state index contributed by atoms with van der Waals surface area (Å²) in [7, 11) is 0. The molecule has 1 heterocycles. The number of fused-ring (bicyclic) bond motifs is 1. The van der Waals surface area contributed by atoms with Crippen molar-refractivity contribution >= 4 is 6.29 Å². The molecule has 1 saturated heterocycles. The minimum absolute atomic E-state index is 0.153. The molecule has 0 aromatic heterocycles. The van der Waals surface area contributed by atoms with Gasteiger partial charge in [-0.1, -0.05) is 0 Å². The Hall–Kier alpha value is -0.410. The molecule has 0 bridgehead atoms. The first-order valence-electron chi connectivity index (χ1n) is 4.92. The molecule has 3 atom stereocenters. The topological polar surface area (TPSA) is 35.5 Å². The average molecular weight is 184 g/mol. The summed E-state index contributed by atoms with van der Waals surface area (Å²) in [6.07, 6.45) is 4.07. The zero-order valence-corrected chi connectivity index (χ0v) is 8.16. The molecule has 1 aliphatic carbocycles. The lowest BCUT2D eigenvalue weighted by Crippen LogP contribution is -2.25. The van der Waals surface area contributed by atoms with E-state index in [1.165, 1.54) is 0 Å². The Kier molecular flexibility index (Phi) is 2.16. The summed E-state index contributed by atoms with van der Waals surface area (Å²) in [5.41, 5.74) is 0. The number of carbonyl (C=O) groups is 1. The van der Waals surface area contributed by atoms with E-state index >= 15 is 0 Å². The van der Waals surface area contributed by atoms with Crippen LogP contribution < -0.4 is 0 Å². The van der Waals surface area contributed by atoms with Crippen LogP contribution in [-0.2, 0) is 14.3 Å². The molecule has 74 valence electrons. The number of carbonyl (C=O) groups excluding carboxylic acids is 1. The highest BCUT2D eigenvalue weighted by Gasteiger charge is 2.48. The molecule has 0 radical (unpaired) electrons. The maximum Gasteiger partial charge on any atom is 0.163 e. The Labute approximate surface area is 78.4 Å². The van der Waals surface area contributed by atoms with Crippen LogP contribution in [0.4, 0.5) is 0 Å². The Balaban J connectivity index is 2.03. The summed E-state index contributed by atoms with van der Waals surface area (Å²) in [6.45, 7) is 3.87. The highest BCUT2D eigenvalue weighted by Crippen LogP contribution is 2.42. The van der Waals surface area contributed by atoms with E-state index in [0.717, 1.165) is 19.1 Å². The number of hydrogen-bond donors (Lipinski definition) is 0. The third-order valence-corrected chi connectivity index (χ3v) is 2.91. The van der Waals surface area contributed by atoms with Crippen molar-refractivity contribution in [2.45, 2.75) is 51.1 Å². The van der Waals surface area contributed by atoms with E-state index < -0.39 is 5.79 Å². The first-order valence-corrected chi connectivity index (χ1v) is 4.92. The second-order valence-corrected chi connectivity index (χ2v) is 4.38. The maximum atomic E-state index is 10.4. The normalized spacial score (nSPS) is 41.8. The van der Waals surface area contributed by atoms with Crippen LogP contribution >= 0.6 is 0 Å². The van der Waals surface area contributed by atoms with E-state index in [-0.39, 0.29) is 12.2 Å². The predicted molar refractivity (Wildman–Crippen MR) is 47.2 cm³/mol. The van der Waals surface area contributed by atoms with Gasteiger partial charge in [0.2, 0.25) is 0 Å². The fraction of sp³-hybridized carbons (Fsp3) is 0.900. The summed E-state index contributed by atoms with van der Waals surface area (Å²) in [6, 6.07) is 0. The first-order chi connectivity index (χ1) is 6.12. The smallest absolute Gasteiger partial charge is 0.163 e. The number of rotatable bonds is 2. The second kappa shape index (κ2) is 3.07. The van der Waals surface area contributed by atoms with Crippen LogP contribution in [0.1, 0.15) is 33.1 Å². The molecule has 3 nitrogen and oxygen atoms in total. The molecule has 1 aliphatic heterocycles. The molecule has 1 saturated carbocycles. The molecule has 0 aromatic rings. The van der Waals surface area contributed by atoms with Crippen molar-refractivity contribution in [2.75, 3.05) is 0 Å². The van der Waals surface area contributed by atoms with Gasteiger partial charge in [-0.3, -0.25) is 0 Å². The lowest BCUT2D eigenvalue weighted by atomic mass is 10.0. The van der Waals surface area contributed by atoms with Gasteiger partial charge in [0.25, 0.3) is 0 Å². The van der Waals surface area contributed by atoms with Crippen molar-refractivity contribution in [3.05, 3.63) is 0 Å². The molecule has 3 unspecified atom stereocenters. The molecule has 2 aliphatic rings. The zero-order valence-electron chi connectivity index (χ0n) is 8.16. The monoisotopic (exact) mass is 184 g/mol. The van der Waals surface area contributed by atoms with Crippen molar-refractivity contribution < 1.29 is 14.3 Å². The quantitative estimate of drug-likeness (QED) is 0.610. The van der Waals surface area contributed by atoms with Gasteiger partial charge in [-0.2, -0.15) is 0 Å². The summed E-state index contributed by atoms with van der Waals surface area (Å²) in [5, 5.41) is 0.